The van der Waals surface area contributed by atoms with E-state index in [1.807, 2.05) is 37.3 Å². The molecule has 5 N–H and O–H groups in total. The van der Waals surface area contributed by atoms with E-state index in [0.717, 1.165) is 16.9 Å². The van der Waals surface area contributed by atoms with Crippen molar-refractivity contribution in [1.29, 1.82) is 0 Å². The van der Waals surface area contributed by atoms with Gasteiger partial charge in [0.1, 0.15) is 36.3 Å². The van der Waals surface area contributed by atoms with Gasteiger partial charge in [0.25, 0.3) is 0 Å². The number of carbonyl (C=O) groups is 1. The number of hydrogen-bond acceptors (Lipinski definition) is 6. The van der Waals surface area contributed by atoms with Crippen molar-refractivity contribution in [3.8, 4) is 5.75 Å². The Bertz CT molecular complexity index is 926. The molecule has 33 heavy (non-hydrogen) atoms. The highest BCUT2D eigenvalue weighted by Crippen LogP contribution is 2.34. The molecule has 8 nitrogen and oxygen atoms in total. The summed E-state index contributed by atoms with van der Waals surface area (Å²) in [6.45, 7) is 4.73. The largest absolute Gasteiger partial charge is 0.494 e. The third kappa shape index (κ3) is 6.37. The van der Waals surface area contributed by atoms with Crippen LogP contribution in [0.2, 0.25) is 5.02 Å². The minimum Gasteiger partial charge on any atom is -0.494 e. The lowest BCUT2D eigenvalue weighted by molar-refractivity contribution is -0.222. The lowest BCUT2D eigenvalue weighted by Crippen LogP contribution is -2.57. The number of ether oxygens (including phenoxy) is 2. The fourth-order valence-corrected chi connectivity index (χ4v) is 3.99. The summed E-state index contributed by atoms with van der Waals surface area (Å²) in [6.07, 6.45) is -5.39. The van der Waals surface area contributed by atoms with E-state index in [4.69, 9.17) is 21.1 Å². The molecule has 1 saturated heterocycles. The third-order valence-electron chi connectivity index (χ3n) is 5.54. The number of amides is 2. The Hall–Kier alpha value is -2.36. The molecular formula is C24H31ClN2O6. The van der Waals surface area contributed by atoms with Crippen LogP contribution in [-0.4, -0.2) is 65.5 Å². The Morgan fingerprint density at radius 1 is 1.03 bits per heavy atom. The summed E-state index contributed by atoms with van der Waals surface area (Å²) < 4.78 is 11.4. The molecule has 0 radical (unpaired) electrons. The summed E-state index contributed by atoms with van der Waals surface area (Å²) in [5.41, 5.74) is 2.47. The smallest absolute Gasteiger partial charge is 0.314 e. The molecule has 1 fully saturated rings. The monoisotopic (exact) mass is 478 g/mol. The molecule has 1 aliphatic heterocycles. The molecule has 0 bridgehead atoms. The van der Waals surface area contributed by atoms with Gasteiger partial charge in [-0.05, 0) is 55.2 Å². The number of aliphatic hydroxyl groups is 3. The van der Waals surface area contributed by atoms with E-state index in [9.17, 15) is 20.1 Å². The van der Waals surface area contributed by atoms with Crippen LogP contribution < -0.4 is 15.4 Å². The Balaban J connectivity index is 1.77. The van der Waals surface area contributed by atoms with Gasteiger partial charge in [0.15, 0.2) is 0 Å². The van der Waals surface area contributed by atoms with E-state index >= 15 is 0 Å². The standard InChI is InChI=1S/C24H31ClN2O6/c1-3-26-24(31)27-13-19-20(28)21(29)22(30)23(33-19)15-7-10-18(25)16(12-15)11-14-5-8-17(9-6-14)32-4-2/h5-10,12,19-23,28-30H,3-4,11,13H2,1-2H3,(H2,26,27,31). The van der Waals surface area contributed by atoms with Crippen molar-refractivity contribution in [3.63, 3.8) is 0 Å². The number of benzene rings is 2. The van der Waals surface area contributed by atoms with Crippen molar-refractivity contribution in [2.24, 2.45) is 0 Å². The predicted octanol–water partition coefficient (Wildman–Crippen LogP) is 2.17. The molecule has 0 spiro atoms. The number of halogens is 1. The maximum atomic E-state index is 11.7. The van der Waals surface area contributed by atoms with E-state index in [1.165, 1.54) is 0 Å². The van der Waals surface area contributed by atoms with Crippen molar-refractivity contribution in [3.05, 3.63) is 64.2 Å². The van der Waals surface area contributed by atoms with Crippen molar-refractivity contribution in [1.82, 2.24) is 10.6 Å². The second kappa shape index (κ2) is 11.7. The third-order valence-corrected chi connectivity index (χ3v) is 5.91. The molecule has 5 unspecified atom stereocenters. The minimum atomic E-state index is -1.44. The van der Waals surface area contributed by atoms with Crippen LogP contribution in [0.3, 0.4) is 0 Å². The highest BCUT2D eigenvalue weighted by atomic mass is 35.5. The van der Waals surface area contributed by atoms with Crippen LogP contribution in [0, 0.1) is 0 Å². The van der Waals surface area contributed by atoms with Crippen molar-refractivity contribution >= 4 is 17.6 Å². The van der Waals surface area contributed by atoms with Gasteiger partial charge in [-0.2, -0.15) is 0 Å². The molecule has 0 aliphatic carbocycles. The van der Waals surface area contributed by atoms with Crippen LogP contribution >= 0.6 is 11.6 Å². The second-order valence-electron chi connectivity index (χ2n) is 7.91. The minimum absolute atomic E-state index is 0.0279. The molecule has 9 heteroatoms. The Kier molecular flexibility index (Phi) is 8.94. The maximum absolute atomic E-state index is 11.7. The van der Waals surface area contributed by atoms with E-state index in [0.29, 0.717) is 30.2 Å². The van der Waals surface area contributed by atoms with Crippen molar-refractivity contribution < 1.29 is 29.6 Å². The molecule has 2 aromatic carbocycles. The van der Waals surface area contributed by atoms with Gasteiger partial charge in [-0.25, -0.2) is 4.79 Å². The molecule has 2 amide bonds. The maximum Gasteiger partial charge on any atom is 0.314 e. The zero-order valence-corrected chi connectivity index (χ0v) is 19.5. The molecule has 1 aliphatic rings. The summed E-state index contributed by atoms with van der Waals surface area (Å²) >= 11 is 6.43. The number of rotatable bonds is 8. The zero-order valence-electron chi connectivity index (χ0n) is 18.7. The summed E-state index contributed by atoms with van der Waals surface area (Å²) in [7, 11) is 0. The topological polar surface area (TPSA) is 120 Å². The van der Waals surface area contributed by atoms with Crippen molar-refractivity contribution in [2.75, 3.05) is 19.7 Å². The number of nitrogens with one attached hydrogen (secondary N) is 2. The van der Waals surface area contributed by atoms with Crippen LogP contribution in [0.5, 0.6) is 5.75 Å². The molecule has 180 valence electrons. The van der Waals surface area contributed by atoms with Gasteiger partial charge in [0.05, 0.1) is 6.61 Å². The van der Waals surface area contributed by atoms with Gasteiger partial charge >= 0.3 is 6.03 Å². The Morgan fingerprint density at radius 2 is 1.76 bits per heavy atom. The summed E-state index contributed by atoms with van der Waals surface area (Å²) in [5, 5.41) is 37.1. The number of urea groups is 1. The first-order chi connectivity index (χ1) is 15.8. The van der Waals surface area contributed by atoms with Crippen LogP contribution in [0.15, 0.2) is 42.5 Å². The van der Waals surface area contributed by atoms with E-state index in [1.54, 1.807) is 19.1 Å². The van der Waals surface area contributed by atoms with Gasteiger partial charge in [-0.15, -0.1) is 0 Å². The number of hydrogen-bond donors (Lipinski definition) is 5. The van der Waals surface area contributed by atoms with E-state index in [2.05, 4.69) is 10.6 Å². The van der Waals surface area contributed by atoms with E-state index in [-0.39, 0.29) is 6.54 Å². The zero-order chi connectivity index (χ0) is 24.0. The average molecular weight is 479 g/mol. The first-order valence-electron chi connectivity index (χ1n) is 11.0. The number of aliphatic hydroxyl groups excluding tert-OH is 3. The fraction of sp³-hybridized carbons (Fsp3) is 0.458. The molecule has 0 aromatic heterocycles. The molecule has 2 aromatic rings. The first-order valence-corrected chi connectivity index (χ1v) is 11.4. The second-order valence-corrected chi connectivity index (χ2v) is 8.32. The highest BCUT2D eigenvalue weighted by molar-refractivity contribution is 6.31. The Labute approximate surface area is 198 Å². The van der Waals surface area contributed by atoms with Gasteiger partial charge in [-0.1, -0.05) is 35.9 Å². The van der Waals surface area contributed by atoms with Crippen LogP contribution in [-0.2, 0) is 11.2 Å². The lowest BCUT2D eigenvalue weighted by Gasteiger charge is -2.41. The first kappa shape index (κ1) is 25.3. The van der Waals surface area contributed by atoms with Crippen LogP contribution in [0.25, 0.3) is 0 Å². The SMILES string of the molecule is CCNC(=O)NCC1OC(c2ccc(Cl)c(Cc3ccc(OCC)cc3)c2)C(O)C(O)C1O. The highest BCUT2D eigenvalue weighted by Gasteiger charge is 2.44. The van der Waals surface area contributed by atoms with E-state index < -0.39 is 36.6 Å². The normalized spacial score (nSPS) is 24.8. The molecule has 0 saturated carbocycles. The fourth-order valence-electron chi connectivity index (χ4n) is 3.81. The summed E-state index contributed by atoms with van der Waals surface area (Å²) in [6, 6.07) is 12.6. The molecule has 5 atom stereocenters. The van der Waals surface area contributed by atoms with Crippen LogP contribution in [0.4, 0.5) is 4.79 Å². The quantitative estimate of drug-likeness (QED) is 0.396. The molecule has 1 heterocycles. The number of carbonyl (C=O) groups excluding carboxylic acids is 1. The van der Waals surface area contributed by atoms with Crippen LogP contribution in [0.1, 0.15) is 36.6 Å². The van der Waals surface area contributed by atoms with Gasteiger partial charge in [0, 0.05) is 18.1 Å². The molecular weight excluding hydrogens is 448 g/mol. The van der Waals surface area contributed by atoms with Crippen molar-refractivity contribution in [2.45, 2.75) is 50.8 Å². The lowest BCUT2D eigenvalue weighted by atomic mass is 9.90. The Morgan fingerprint density at radius 3 is 2.42 bits per heavy atom. The van der Waals surface area contributed by atoms with Gasteiger partial charge < -0.3 is 35.4 Å². The van der Waals surface area contributed by atoms with Gasteiger partial charge in [0.2, 0.25) is 0 Å². The summed E-state index contributed by atoms with van der Waals surface area (Å²) in [4.78, 5) is 11.7. The van der Waals surface area contributed by atoms with Gasteiger partial charge in [-0.3, -0.25) is 0 Å². The molecule has 3 rings (SSSR count). The predicted molar refractivity (Wildman–Crippen MR) is 125 cm³/mol. The average Bonchev–Trinajstić information content (AvgIpc) is 2.80. The summed E-state index contributed by atoms with van der Waals surface area (Å²) in [5.74, 6) is 0.791.